The molecule has 1 aliphatic heterocycles. The predicted molar refractivity (Wildman–Crippen MR) is 215 cm³/mol. The minimum atomic E-state index is -0.0780. The average Bonchev–Trinajstić information content (AvgIpc) is 3.62. The monoisotopic (exact) mass is 679 g/mol. The molecule has 0 amide bonds. The van der Waals surface area contributed by atoms with Crippen molar-refractivity contribution in [1.29, 1.82) is 0 Å². The van der Waals surface area contributed by atoms with Gasteiger partial charge in [0.25, 0.3) is 0 Å². The Balaban J connectivity index is 1.15. The second kappa shape index (κ2) is 13.0. The molecule has 2 unspecified atom stereocenters. The molecule has 0 saturated heterocycles. The fourth-order valence-electron chi connectivity index (χ4n) is 7.56. The molecule has 4 heteroatoms. The zero-order valence-electron chi connectivity index (χ0n) is 28.8. The van der Waals surface area contributed by atoms with E-state index in [1.165, 1.54) is 16.3 Å². The second-order valence-electron chi connectivity index (χ2n) is 13.6. The molecular weight excluding hydrogens is 647 g/mol. The Kier molecular flexibility index (Phi) is 7.58. The topological polar surface area (TPSA) is 47.9 Å². The van der Waals surface area contributed by atoms with Crippen LogP contribution in [0.3, 0.4) is 0 Å². The van der Waals surface area contributed by atoms with Gasteiger partial charge in [-0.15, -0.1) is 0 Å². The summed E-state index contributed by atoms with van der Waals surface area (Å²) >= 11 is 0. The standard InChI is InChI=1S/C49H33N3O/c1-3-12-32(13-4-1)38-18-11-19-40(29-38)48-50-47(36-25-22-35(23-26-36)39-27-24-34-16-7-8-17-37(34)28-39)51-49(52-48)43-30-41(33-14-5-2-6-15-33)31-45-46(43)42-20-9-10-21-44(42)53-45/h1-31,42,44H. The Morgan fingerprint density at radius 2 is 0.943 bits per heavy atom. The van der Waals surface area contributed by atoms with Gasteiger partial charge in [-0.1, -0.05) is 158 Å². The lowest BCUT2D eigenvalue weighted by Crippen LogP contribution is -2.16. The summed E-state index contributed by atoms with van der Waals surface area (Å²) in [6, 6.07) is 57.3. The molecule has 7 aromatic carbocycles. The molecule has 1 aliphatic carbocycles. The fraction of sp³-hybridized carbons (Fsp3) is 0.0408. The maximum absolute atomic E-state index is 6.60. The molecule has 0 N–H and O–H groups in total. The summed E-state index contributed by atoms with van der Waals surface area (Å²) in [5, 5.41) is 2.45. The molecule has 0 bridgehead atoms. The molecule has 8 aromatic rings. The number of fused-ring (bicyclic) bond motifs is 4. The van der Waals surface area contributed by atoms with Crippen LogP contribution in [0.15, 0.2) is 188 Å². The quantitative estimate of drug-likeness (QED) is 0.175. The summed E-state index contributed by atoms with van der Waals surface area (Å²) in [5.74, 6) is 2.78. The van der Waals surface area contributed by atoms with Gasteiger partial charge < -0.3 is 4.74 Å². The molecule has 0 spiro atoms. The van der Waals surface area contributed by atoms with Gasteiger partial charge in [0.1, 0.15) is 11.9 Å². The van der Waals surface area contributed by atoms with E-state index < -0.39 is 0 Å². The van der Waals surface area contributed by atoms with Crippen molar-refractivity contribution in [2.45, 2.75) is 12.0 Å². The highest BCUT2D eigenvalue weighted by molar-refractivity contribution is 5.87. The number of nitrogens with zero attached hydrogens (tertiary/aromatic N) is 3. The smallest absolute Gasteiger partial charge is 0.164 e. The number of aromatic nitrogens is 3. The Labute approximate surface area is 308 Å². The Morgan fingerprint density at radius 1 is 0.377 bits per heavy atom. The van der Waals surface area contributed by atoms with Crippen LogP contribution in [0, 0.1) is 0 Å². The van der Waals surface area contributed by atoms with Crippen LogP contribution in [-0.2, 0) is 0 Å². The lowest BCUT2D eigenvalue weighted by atomic mass is 9.87. The van der Waals surface area contributed by atoms with Crippen LogP contribution in [0.2, 0.25) is 0 Å². The summed E-state index contributed by atoms with van der Waals surface area (Å²) in [6.07, 6.45) is 8.44. The van der Waals surface area contributed by atoms with Gasteiger partial charge in [0.2, 0.25) is 0 Å². The minimum absolute atomic E-state index is 0.0566. The van der Waals surface area contributed by atoms with E-state index >= 15 is 0 Å². The number of hydrogen-bond donors (Lipinski definition) is 0. The summed E-state index contributed by atoms with van der Waals surface area (Å²) < 4.78 is 6.60. The van der Waals surface area contributed by atoms with Crippen molar-refractivity contribution < 1.29 is 4.74 Å². The number of benzene rings is 7. The van der Waals surface area contributed by atoms with Gasteiger partial charge in [-0.25, -0.2) is 15.0 Å². The molecule has 0 saturated carbocycles. The molecule has 0 radical (unpaired) electrons. The van der Waals surface area contributed by atoms with Gasteiger partial charge in [0.15, 0.2) is 17.5 Å². The van der Waals surface area contributed by atoms with E-state index in [4.69, 9.17) is 19.7 Å². The van der Waals surface area contributed by atoms with Crippen molar-refractivity contribution in [3.8, 4) is 73.3 Å². The molecule has 1 aromatic heterocycles. The van der Waals surface area contributed by atoms with Crippen molar-refractivity contribution in [3.05, 3.63) is 194 Å². The fourth-order valence-corrected chi connectivity index (χ4v) is 7.56. The molecule has 250 valence electrons. The van der Waals surface area contributed by atoms with Crippen molar-refractivity contribution >= 4 is 10.8 Å². The molecule has 2 atom stereocenters. The van der Waals surface area contributed by atoms with Crippen LogP contribution >= 0.6 is 0 Å². The van der Waals surface area contributed by atoms with Crippen molar-refractivity contribution in [3.63, 3.8) is 0 Å². The average molecular weight is 680 g/mol. The number of hydrogen-bond acceptors (Lipinski definition) is 4. The SMILES string of the molecule is C1=CC2Oc3cc(-c4ccccc4)cc(-c4nc(-c5ccc(-c6ccc7ccccc7c6)cc5)nc(-c5cccc(-c6ccccc6)c5)n4)c3C2C=C1. The van der Waals surface area contributed by atoms with Crippen LogP contribution in [0.5, 0.6) is 5.75 Å². The molecule has 4 nitrogen and oxygen atoms in total. The number of ether oxygens (including phenoxy) is 1. The predicted octanol–water partition coefficient (Wildman–Crippen LogP) is 12.0. The van der Waals surface area contributed by atoms with E-state index in [0.717, 1.165) is 55.8 Å². The first kappa shape index (κ1) is 30.9. The van der Waals surface area contributed by atoms with Crippen LogP contribution < -0.4 is 4.74 Å². The lowest BCUT2D eigenvalue weighted by molar-refractivity contribution is 0.269. The van der Waals surface area contributed by atoms with Crippen molar-refractivity contribution in [2.24, 2.45) is 0 Å². The number of allylic oxidation sites excluding steroid dienone is 2. The molecule has 2 heterocycles. The van der Waals surface area contributed by atoms with E-state index in [0.29, 0.717) is 17.5 Å². The second-order valence-corrected chi connectivity index (χ2v) is 13.6. The van der Waals surface area contributed by atoms with Gasteiger partial charge in [-0.05, 0) is 74.5 Å². The van der Waals surface area contributed by atoms with Crippen LogP contribution in [0.4, 0.5) is 0 Å². The largest absolute Gasteiger partial charge is 0.485 e. The summed E-state index contributed by atoms with van der Waals surface area (Å²) in [7, 11) is 0. The third-order valence-electron chi connectivity index (χ3n) is 10.3. The van der Waals surface area contributed by atoms with Crippen molar-refractivity contribution in [2.75, 3.05) is 0 Å². The normalized spacial score (nSPS) is 15.5. The van der Waals surface area contributed by atoms with Crippen LogP contribution in [-0.4, -0.2) is 21.1 Å². The first-order valence-corrected chi connectivity index (χ1v) is 18.0. The Bertz CT molecular complexity index is 2700. The first-order chi connectivity index (χ1) is 26.2. The third kappa shape index (κ3) is 5.81. The highest BCUT2D eigenvalue weighted by Gasteiger charge is 2.36. The summed E-state index contributed by atoms with van der Waals surface area (Å²) in [6.45, 7) is 0. The van der Waals surface area contributed by atoms with E-state index in [9.17, 15) is 0 Å². The van der Waals surface area contributed by atoms with E-state index in [1.807, 2.05) is 12.1 Å². The minimum Gasteiger partial charge on any atom is -0.485 e. The van der Waals surface area contributed by atoms with Crippen LogP contribution in [0.25, 0.3) is 78.3 Å². The van der Waals surface area contributed by atoms with Crippen molar-refractivity contribution in [1.82, 2.24) is 15.0 Å². The van der Waals surface area contributed by atoms with Gasteiger partial charge in [0.05, 0.1) is 0 Å². The van der Waals surface area contributed by atoms with Gasteiger partial charge in [-0.2, -0.15) is 0 Å². The lowest BCUT2D eigenvalue weighted by Gasteiger charge is -2.17. The zero-order valence-corrected chi connectivity index (χ0v) is 28.8. The van der Waals surface area contributed by atoms with E-state index in [2.05, 4.69) is 176 Å². The molecular formula is C49H33N3O. The number of rotatable bonds is 6. The Morgan fingerprint density at radius 3 is 1.74 bits per heavy atom. The van der Waals surface area contributed by atoms with E-state index in [1.54, 1.807) is 0 Å². The first-order valence-electron chi connectivity index (χ1n) is 18.0. The maximum Gasteiger partial charge on any atom is 0.164 e. The van der Waals surface area contributed by atoms with Gasteiger partial charge >= 0.3 is 0 Å². The molecule has 2 aliphatic rings. The highest BCUT2D eigenvalue weighted by atomic mass is 16.5. The molecule has 53 heavy (non-hydrogen) atoms. The molecule has 0 fully saturated rings. The van der Waals surface area contributed by atoms with Crippen LogP contribution in [0.1, 0.15) is 11.5 Å². The Hall–Kier alpha value is -6.91. The third-order valence-corrected chi connectivity index (χ3v) is 10.3. The highest BCUT2D eigenvalue weighted by Crippen LogP contribution is 2.48. The summed E-state index contributed by atoms with van der Waals surface area (Å²) in [5.41, 5.74) is 10.6. The molecule has 10 rings (SSSR count). The summed E-state index contributed by atoms with van der Waals surface area (Å²) in [4.78, 5) is 15.7. The van der Waals surface area contributed by atoms with E-state index in [-0.39, 0.29) is 12.0 Å². The zero-order chi connectivity index (χ0) is 35.1. The van der Waals surface area contributed by atoms with Gasteiger partial charge in [0, 0.05) is 28.2 Å². The van der Waals surface area contributed by atoms with Gasteiger partial charge in [-0.3, -0.25) is 0 Å². The maximum atomic E-state index is 6.60.